The Kier molecular flexibility index (Phi) is 8.44. The van der Waals surface area contributed by atoms with Crippen molar-refractivity contribution < 1.29 is 24.2 Å². The number of ether oxygens (including phenoxy) is 1. The van der Waals surface area contributed by atoms with Gasteiger partial charge in [0.25, 0.3) is 0 Å². The summed E-state index contributed by atoms with van der Waals surface area (Å²) in [5.74, 6) is -1.56. The van der Waals surface area contributed by atoms with Crippen LogP contribution >= 0.6 is 11.8 Å². The van der Waals surface area contributed by atoms with Crippen molar-refractivity contribution in [1.82, 2.24) is 9.80 Å². The van der Waals surface area contributed by atoms with Crippen LogP contribution in [0.3, 0.4) is 0 Å². The molecule has 2 unspecified atom stereocenters. The number of aliphatic hydroxyl groups excluding tert-OH is 1. The van der Waals surface area contributed by atoms with Gasteiger partial charge in [-0.05, 0) is 45.4 Å². The van der Waals surface area contributed by atoms with Gasteiger partial charge in [0.2, 0.25) is 11.8 Å². The van der Waals surface area contributed by atoms with Crippen LogP contribution in [0.25, 0.3) is 0 Å². The molecular weight excluding hydrogens is 452 g/mol. The van der Waals surface area contributed by atoms with Crippen LogP contribution in [0.5, 0.6) is 0 Å². The highest BCUT2D eigenvalue weighted by Crippen LogP contribution is 2.71. The molecule has 3 saturated heterocycles. The van der Waals surface area contributed by atoms with Crippen LogP contribution in [-0.4, -0.2) is 80.6 Å². The Bertz CT molecular complexity index is 804. The average molecular weight is 495 g/mol. The van der Waals surface area contributed by atoms with Crippen LogP contribution in [-0.2, 0) is 19.1 Å². The van der Waals surface area contributed by atoms with Gasteiger partial charge in [-0.1, -0.05) is 33.3 Å². The van der Waals surface area contributed by atoms with Crippen molar-refractivity contribution in [2.45, 2.75) is 88.3 Å². The van der Waals surface area contributed by atoms with Gasteiger partial charge in [-0.25, -0.2) is 0 Å². The van der Waals surface area contributed by atoms with Crippen LogP contribution < -0.4 is 0 Å². The van der Waals surface area contributed by atoms with Crippen molar-refractivity contribution >= 4 is 29.5 Å². The molecule has 3 rings (SSSR count). The molecule has 0 aliphatic carbocycles. The first-order valence-electron chi connectivity index (χ1n) is 12.8. The lowest BCUT2D eigenvalue weighted by Crippen LogP contribution is -2.57. The molecule has 3 heterocycles. The summed E-state index contributed by atoms with van der Waals surface area (Å²) >= 11 is 1.65. The Morgan fingerprint density at radius 3 is 2.62 bits per heavy atom. The fourth-order valence-corrected chi connectivity index (χ4v) is 8.74. The summed E-state index contributed by atoms with van der Waals surface area (Å²) in [5, 5.41) is 10.3. The molecule has 3 aliphatic heterocycles. The summed E-state index contributed by atoms with van der Waals surface area (Å²) in [6.07, 6.45) is 5.59. The van der Waals surface area contributed by atoms with E-state index in [4.69, 9.17) is 4.74 Å². The molecular formula is C26H42N2O5S. The Balaban J connectivity index is 2.11. The van der Waals surface area contributed by atoms with Gasteiger partial charge in [-0.3, -0.25) is 14.4 Å². The number of aliphatic hydroxyl groups is 1. The number of unbranched alkanes of at least 4 members (excludes halogenated alkanes) is 1. The molecule has 7 nitrogen and oxygen atoms in total. The van der Waals surface area contributed by atoms with Crippen LogP contribution in [0, 0.1) is 17.8 Å². The van der Waals surface area contributed by atoms with Crippen LogP contribution in [0.2, 0.25) is 0 Å². The minimum Gasteiger partial charge on any atom is -0.466 e. The first-order chi connectivity index (χ1) is 16.1. The largest absolute Gasteiger partial charge is 0.466 e. The zero-order chi connectivity index (χ0) is 25.3. The SMILES string of the molecule is C=CCN(CCCC)C(=O)C1N([C@@H](CO)CC(C)C)C(=O)[C@@H]2[C@H](C(=O)OCC)[C@]3(C)CCC12S3. The quantitative estimate of drug-likeness (QED) is 0.331. The number of hydrogen-bond acceptors (Lipinski definition) is 6. The summed E-state index contributed by atoms with van der Waals surface area (Å²) in [4.78, 5) is 44.9. The van der Waals surface area contributed by atoms with Gasteiger partial charge in [-0.2, -0.15) is 0 Å². The van der Waals surface area contributed by atoms with E-state index in [0.717, 1.165) is 19.3 Å². The molecule has 2 amide bonds. The highest BCUT2D eigenvalue weighted by atomic mass is 32.2. The summed E-state index contributed by atoms with van der Waals surface area (Å²) in [7, 11) is 0. The highest BCUT2D eigenvalue weighted by Gasteiger charge is 2.78. The van der Waals surface area contributed by atoms with Crippen LogP contribution in [0.4, 0.5) is 0 Å². The van der Waals surface area contributed by atoms with E-state index in [-0.39, 0.29) is 36.9 Å². The lowest BCUT2D eigenvalue weighted by molar-refractivity contribution is -0.155. The van der Waals surface area contributed by atoms with E-state index in [0.29, 0.717) is 25.9 Å². The molecule has 0 aromatic rings. The molecule has 1 spiro atoms. The van der Waals surface area contributed by atoms with Crippen molar-refractivity contribution in [1.29, 1.82) is 0 Å². The second kappa shape index (κ2) is 10.6. The molecule has 2 bridgehead atoms. The number of hydrogen-bond donors (Lipinski definition) is 1. The predicted molar refractivity (Wildman–Crippen MR) is 134 cm³/mol. The molecule has 0 aromatic heterocycles. The highest BCUT2D eigenvalue weighted by molar-refractivity contribution is 8.02. The fourth-order valence-electron chi connectivity index (χ4n) is 6.42. The zero-order valence-corrected chi connectivity index (χ0v) is 22.2. The van der Waals surface area contributed by atoms with E-state index in [1.807, 2.05) is 20.8 Å². The lowest BCUT2D eigenvalue weighted by Gasteiger charge is -2.40. The minimum atomic E-state index is -0.705. The number of carbonyl (C=O) groups excluding carboxylic acids is 3. The first kappa shape index (κ1) is 27.1. The number of rotatable bonds is 12. The number of nitrogens with zero attached hydrogens (tertiary/aromatic N) is 2. The molecule has 3 aliphatic rings. The van der Waals surface area contributed by atoms with Crippen molar-refractivity contribution in [2.75, 3.05) is 26.3 Å². The fraction of sp³-hybridized carbons (Fsp3) is 0.808. The van der Waals surface area contributed by atoms with Gasteiger partial charge in [0.15, 0.2) is 0 Å². The molecule has 34 heavy (non-hydrogen) atoms. The summed E-state index contributed by atoms with van der Waals surface area (Å²) < 4.78 is 4.32. The van der Waals surface area contributed by atoms with Gasteiger partial charge in [0.05, 0.1) is 35.8 Å². The summed E-state index contributed by atoms with van der Waals surface area (Å²) in [5.41, 5.74) is 0. The van der Waals surface area contributed by atoms with Gasteiger partial charge in [0, 0.05) is 17.8 Å². The van der Waals surface area contributed by atoms with Crippen molar-refractivity contribution in [3.63, 3.8) is 0 Å². The third-order valence-electron chi connectivity index (χ3n) is 7.78. The number of likely N-dealkylation sites (tertiary alicyclic amines) is 1. The van der Waals surface area contributed by atoms with Crippen molar-refractivity contribution in [3.8, 4) is 0 Å². The van der Waals surface area contributed by atoms with E-state index >= 15 is 0 Å². The molecule has 0 saturated carbocycles. The zero-order valence-electron chi connectivity index (χ0n) is 21.4. The molecule has 8 heteroatoms. The third kappa shape index (κ3) is 4.41. The topological polar surface area (TPSA) is 87.2 Å². The van der Waals surface area contributed by atoms with Crippen LogP contribution in [0.15, 0.2) is 12.7 Å². The third-order valence-corrected chi connectivity index (χ3v) is 9.77. The Morgan fingerprint density at radius 2 is 2.06 bits per heavy atom. The Hall–Kier alpha value is -1.54. The Labute approximate surface area is 208 Å². The Morgan fingerprint density at radius 1 is 1.35 bits per heavy atom. The molecule has 192 valence electrons. The van der Waals surface area contributed by atoms with E-state index in [1.54, 1.807) is 34.6 Å². The number of esters is 1. The van der Waals surface area contributed by atoms with Crippen molar-refractivity contribution in [3.05, 3.63) is 12.7 Å². The normalized spacial score (nSPS) is 32.7. The van der Waals surface area contributed by atoms with Crippen molar-refractivity contribution in [2.24, 2.45) is 17.8 Å². The number of fused-ring (bicyclic) bond motifs is 1. The van der Waals surface area contributed by atoms with Gasteiger partial charge < -0.3 is 19.6 Å². The first-order valence-corrected chi connectivity index (χ1v) is 13.6. The maximum absolute atomic E-state index is 14.2. The molecule has 0 aromatic carbocycles. The summed E-state index contributed by atoms with van der Waals surface area (Å²) in [6.45, 7) is 14.9. The monoisotopic (exact) mass is 494 g/mol. The van der Waals surface area contributed by atoms with E-state index in [2.05, 4.69) is 13.5 Å². The van der Waals surface area contributed by atoms with E-state index in [1.165, 1.54) is 0 Å². The smallest absolute Gasteiger partial charge is 0.311 e. The number of carbonyl (C=O) groups is 3. The standard InChI is InChI=1S/C26H42N2O5S/c1-7-10-14-27(13-8-2)23(31)21-26-12-11-25(6,34-26)20(24(32)33-9-3)19(26)22(30)28(21)18(16-29)15-17(4)5/h8,17-21,29H,2,7,9-16H2,1,3-6H3/t18-,19+,20-,21?,25+,26?/m1/s1. The number of amides is 2. The van der Waals surface area contributed by atoms with Gasteiger partial charge >= 0.3 is 5.97 Å². The molecule has 3 fully saturated rings. The van der Waals surface area contributed by atoms with Gasteiger partial charge in [0.1, 0.15) is 6.04 Å². The second-order valence-corrected chi connectivity index (χ2v) is 12.5. The summed E-state index contributed by atoms with van der Waals surface area (Å²) in [6, 6.07) is -1.17. The second-order valence-electron chi connectivity index (χ2n) is 10.6. The average Bonchev–Trinajstić information content (AvgIpc) is 3.35. The van der Waals surface area contributed by atoms with E-state index in [9.17, 15) is 19.5 Å². The maximum Gasteiger partial charge on any atom is 0.311 e. The molecule has 6 atom stereocenters. The number of thioether (sulfide) groups is 1. The molecule has 1 N–H and O–H groups in total. The van der Waals surface area contributed by atoms with E-state index < -0.39 is 33.4 Å². The van der Waals surface area contributed by atoms with Gasteiger partial charge in [-0.15, -0.1) is 18.3 Å². The van der Waals surface area contributed by atoms with Crippen LogP contribution in [0.1, 0.15) is 66.7 Å². The predicted octanol–water partition coefficient (Wildman–Crippen LogP) is 3.25. The lowest BCUT2D eigenvalue weighted by atomic mass is 9.66. The maximum atomic E-state index is 14.2. The minimum absolute atomic E-state index is 0.0901. The molecule has 0 radical (unpaired) electrons.